The Morgan fingerprint density at radius 1 is 1.20 bits per heavy atom. The number of nitrogens with zero attached hydrogens (tertiary/aromatic N) is 6. The molecule has 1 aromatic carbocycles. The molecule has 0 saturated heterocycles. The van der Waals surface area contributed by atoms with Gasteiger partial charge in [0.15, 0.2) is 11.6 Å². The number of nitrogens with one attached hydrogen (secondary N) is 2. The Morgan fingerprint density at radius 2 is 1.90 bits per heavy atom. The summed E-state index contributed by atoms with van der Waals surface area (Å²) in [6.45, 7) is 0. The van der Waals surface area contributed by atoms with E-state index in [2.05, 4.69) is 56.7 Å². The van der Waals surface area contributed by atoms with Crippen LogP contribution in [-0.4, -0.2) is 42.6 Å². The molecule has 0 bridgehead atoms. The van der Waals surface area contributed by atoms with Crippen molar-refractivity contribution in [1.82, 2.24) is 20.3 Å². The van der Waals surface area contributed by atoms with Gasteiger partial charge in [0, 0.05) is 23.7 Å². The molecule has 1 fully saturated rings. The fraction of sp³-hybridized carbons (Fsp3) is 0.353. The summed E-state index contributed by atoms with van der Waals surface area (Å²) in [5, 5.41) is 36.0. The second kappa shape index (κ2) is 8.57. The van der Waals surface area contributed by atoms with E-state index in [1.54, 1.807) is 0 Å². The maximum Gasteiger partial charge on any atom is 0.271 e. The van der Waals surface area contributed by atoms with Gasteiger partial charge in [-0.1, -0.05) is 19.3 Å². The summed E-state index contributed by atoms with van der Waals surface area (Å²) >= 11 is 3.10. The molecule has 1 aliphatic rings. The third-order valence-corrected chi connectivity index (χ3v) is 5.33. The minimum atomic E-state index is -0.557. The first-order valence-corrected chi connectivity index (χ1v) is 10.0. The summed E-state index contributed by atoms with van der Waals surface area (Å²) in [6, 6.07) is 2.68. The molecule has 2 heterocycles. The Morgan fingerprint density at radius 3 is 2.60 bits per heavy atom. The van der Waals surface area contributed by atoms with Crippen LogP contribution in [0.15, 0.2) is 26.3 Å². The van der Waals surface area contributed by atoms with E-state index in [0.717, 1.165) is 25.7 Å². The molecular weight excluding hydrogens is 460 g/mol. The summed E-state index contributed by atoms with van der Waals surface area (Å²) in [5.41, 5.74) is 3.20. The molecule has 30 heavy (non-hydrogen) atoms. The Labute approximate surface area is 178 Å². The monoisotopic (exact) mass is 476 g/mol. The van der Waals surface area contributed by atoms with Crippen molar-refractivity contribution >= 4 is 50.8 Å². The number of anilines is 2. The van der Waals surface area contributed by atoms with Gasteiger partial charge in [0.25, 0.3) is 5.69 Å². The normalized spacial score (nSPS) is 15.0. The Hall–Kier alpha value is -3.35. The number of hydrogen-bond donors (Lipinski definition) is 3. The van der Waals surface area contributed by atoms with Crippen LogP contribution < -0.4 is 10.7 Å². The number of phenolic OH excluding ortho intramolecular Hbond substituents is 1. The number of halogens is 1. The third kappa shape index (κ3) is 4.30. The molecule has 0 aliphatic heterocycles. The molecule has 0 radical (unpaired) electrons. The van der Waals surface area contributed by atoms with Crippen molar-refractivity contribution in [1.29, 1.82) is 0 Å². The van der Waals surface area contributed by atoms with E-state index in [-0.39, 0.29) is 38.8 Å². The van der Waals surface area contributed by atoms with Crippen molar-refractivity contribution in [3.63, 3.8) is 0 Å². The number of rotatable bonds is 6. The highest BCUT2D eigenvalue weighted by atomic mass is 79.9. The fourth-order valence-corrected chi connectivity index (χ4v) is 3.69. The van der Waals surface area contributed by atoms with Gasteiger partial charge in [0.05, 0.1) is 15.6 Å². The zero-order chi connectivity index (χ0) is 21.1. The number of phenols is 1. The molecule has 4 rings (SSSR count). The van der Waals surface area contributed by atoms with Crippen molar-refractivity contribution < 1.29 is 14.7 Å². The Balaban J connectivity index is 1.60. The highest BCUT2D eigenvalue weighted by molar-refractivity contribution is 9.10. The van der Waals surface area contributed by atoms with Crippen LogP contribution in [0.2, 0.25) is 0 Å². The molecule has 156 valence electrons. The van der Waals surface area contributed by atoms with Crippen LogP contribution in [0.1, 0.15) is 37.7 Å². The lowest BCUT2D eigenvalue weighted by atomic mass is 9.95. The largest absolute Gasteiger partial charge is 0.506 e. The molecule has 3 N–H and O–H groups in total. The molecule has 2 aromatic heterocycles. The van der Waals surface area contributed by atoms with Crippen LogP contribution in [-0.2, 0) is 0 Å². The predicted molar refractivity (Wildman–Crippen MR) is 112 cm³/mol. The number of hydrazone groups is 1. The van der Waals surface area contributed by atoms with Crippen LogP contribution >= 0.6 is 15.9 Å². The van der Waals surface area contributed by atoms with E-state index < -0.39 is 4.92 Å². The molecule has 0 amide bonds. The van der Waals surface area contributed by atoms with Gasteiger partial charge in [-0.15, -0.1) is 0 Å². The van der Waals surface area contributed by atoms with Gasteiger partial charge >= 0.3 is 0 Å². The lowest BCUT2D eigenvalue weighted by molar-refractivity contribution is -0.385. The summed E-state index contributed by atoms with van der Waals surface area (Å²) in [7, 11) is 0. The average Bonchev–Trinajstić information content (AvgIpc) is 3.19. The molecule has 3 aromatic rings. The molecule has 12 nitrogen and oxygen atoms in total. The quantitative estimate of drug-likeness (QED) is 0.271. The van der Waals surface area contributed by atoms with Crippen molar-refractivity contribution in [2.75, 3.05) is 10.7 Å². The van der Waals surface area contributed by atoms with Crippen molar-refractivity contribution in [3.05, 3.63) is 32.3 Å². The molecule has 1 saturated carbocycles. The second-order valence-corrected chi connectivity index (χ2v) is 7.66. The number of hydrogen-bond acceptors (Lipinski definition) is 11. The molecule has 1 aliphatic carbocycles. The number of non-ortho nitro benzene ring substituents is 1. The van der Waals surface area contributed by atoms with Crippen LogP contribution in [0.3, 0.4) is 0 Å². The summed E-state index contributed by atoms with van der Waals surface area (Å²) in [5.74, 6) is 0.574. The topological polar surface area (TPSA) is 164 Å². The van der Waals surface area contributed by atoms with Crippen LogP contribution in [0.5, 0.6) is 5.75 Å². The second-order valence-electron chi connectivity index (χ2n) is 6.80. The van der Waals surface area contributed by atoms with E-state index in [0.29, 0.717) is 11.6 Å². The van der Waals surface area contributed by atoms with Gasteiger partial charge in [-0.3, -0.25) is 15.5 Å². The molecular formula is C17H17BrN8O4. The molecule has 13 heteroatoms. The highest BCUT2D eigenvalue weighted by Crippen LogP contribution is 2.32. The van der Waals surface area contributed by atoms with Crippen LogP contribution in [0.25, 0.3) is 11.3 Å². The summed E-state index contributed by atoms with van der Waals surface area (Å²) in [6.07, 6.45) is 6.80. The third-order valence-electron chi connectivity index (χ3n) is 4.72. The van der Waals surface area contributed by atoms with Gasteiger partial charge < -0.3 is 10.4 Å². The lowest BCUT2D eigenvalue weighted by Crippen LogP contribution is -2.23. The maximum atomic E-state index is 11.0. The molecule has 0 spiro atoms. The molecule has 0 atom stereocenters. The minimum Gasteiger partial charge on any atom is -0.506 e. The number of nitro groups is 1. The van der Waals surface area contributed by atoms with Gasteiger partial charge in [-0.25, -0.2) is 9.61 Å². The summed E-state index contributed by atoms with van der Waals surface area (Å²) < 4.78 is 4.87. The average molecular weight is 477 g/mol. The van der Waals surface area contributed by atoms with E-state index in [9.17, 15) is 15.2 Å². The van der Waals surface area contributed by atoms with Gasteiger partial charge in [-0.2, -0.15) is 10.1 Å². The van der Waals surface area contributed by atoms with Gasteiger partial charge in [-0.05, 0) is 39.1 Å². The van der Waals surface area contributed by atoms with E-state index in [1.165, 1.54) is 24.8 Å². The first kappa shape index (κ1) is 19.9. The fourth-order valence-electron chi connectivity index (χ4n) is 3.23. The first-order chi connectivity index (χ1) is 14.5. The van der Waals surface area contributed by atoms with E-state index in [4.69, 9.17) is 0 Å². The van der Waals surface area contributed by atoms with Crippen molar-refractivity contribution in [2.24, 2.45) is 5.10 Å². The smallest absolute Gasteiger partial charge is 0.271 e. The SMILES string of the molecule is O=[N+]([O-])c1cc(Br)c(O)c(/C=N/Nc2nc3nonc3nc2NC2CCCCC2)c1. The Bertz CT molecular complexity index is 1110. The van der Waals surface area contributed by atoms with Gasteiger partial charge in [0.1, 0.15) is 5.75 Å². The number of fused-ring (bicyclic) bond motifs is 1. The zero-order valence-electron chi connectivity index (χ0n) is 15.6. The number of nitro benzene ring substituents is 1. The maximum absolute atomic E-state index is 11.0. The minimum absolute atomic E-state index is 0.155. The Kier molecular flexibility index (Phi) is 5.70. The van der Waals surface area contributed by atoms with Crippen LogP contribution in [0, 0.1) is 10.1 Å². The predicted octanol–water partition coefficient (Wildman–Crippen LogP) is 3.58. The molecule has 0 unspecified atom stereocenters. The van der Waals surface area contributed by atoms with E-state index >= 15 is 0 Å². The zero-order valence-corrected chi connectivity index (χ0v) is 17.2. The van der Waals surface area contributed by atoms with Crippen molar-refractivity contribution in [3.8, 4) is 5.75 Å². The standard InChI is InChI=1S/C17H17BrN8O4/c18-12-7-11(26(28)29)6-9(13(12)27)8-19-23-15-14(20-10-4-2-1-3-5-10)21-16-17(22-15)25-30-24-16/h6-8,10,27H,1-5H2,(H,20,21,24)(H,22,23,25)/b19-8+. The first-order valence-electron chi connectivity index (χ1n) is 9.24. The number of aromatic hydroxyl groups is 1. The van der Waals surface area contributed by atoms with Crippen molar-refractivity contribution in [2.45, 2.75) is 38.1 Å². The van der Waals surface area contributed by atoms with E-state index in [1.807, 2.05) is 0 Å². The number of benzene rings is 1. The van der Waals surface area contributed by atoms with Gasteiger partial charge in [0.2, 0.25) is 11.3 Å². The summed E-state index contributed by atoms with van der Waals surface area (Å²) in [4.78, 5) is 19.2. The number of aromatic nitrogens is 4. The lowest BCUT2D eigenvalue weighted by Gasteiger charge is -2.23. The highest BCUT2D eigenvalue weighted by Gasteiger charge is 2.19. The van der Waals surface area contributed by atoms with Crippen LogP contribution in [0.4, 0.5) is 17.3 Å².